The van der Waals surface area contributed by atoms with E-state index >= 15 is 0 Å². The van der Waals surface area contributed by atoms with Gasteiger partial charge in [0, 0.05) is 39.8 Å². The lowest BCUT2D eigenvalue weighted by Crippen LogP contribution is -2.49. The molecule has 0 radical (unpaired) electrons. The molecule has 2 aromatic heterocycles. The van der Waals surface area contributed by atoms with Crippen LogP contribution in [0.4, 0.5) is 5.95 Å². The van der Waals surface area contributed by atoms with E-state index in [1.165, 1.54) is 4.57 Å². The molecule has 2 aromatic rings. The summed E-state index contributed by atoms with van der Waals surface area (Å²) in [5, 5.41) is 0. The van der Waals surface area contributed by atoms with Crippen LogP contribution in [0.2, 0.25) is 0 Å². The molecule has 1 N–H and O–H groups in total. The third-order valence-electron chi connectivity index (χ3n) is 5.54. The highest BCUT2D eigenvalue weighted by Gasteiger charge is 2.25. The van der Waals surface area contributed by atoms with E-state index in [9.17, 15) is 14.4 Å². The molecular formula is C20H32N6O4. The van der Waals surface area contributed by atoms with Gasteiger partial charge in [0.1, 0.15) is 0 Å². The van der Waals surface area contributed by atoms with Crippen LogP contribution in [0.3, 0.4) is 0 Å². The van der Waals surface area contributed by atoms with Crippen LogP contribution >= 0.6 is 0 Å². The fourth-order valence-corrected chi connectivity index (χ4v) is 3.87. The number of H-pyrrole nitrogens is 1. The number of rotatable bonds is 9. The number of carbonyl (C=O) groups excluding carboxylic acids is 1. The number of aromatic nitrogens is 4. The number of hydrogen-bond acceptors (Lipinski definition) is 7. The summed E-state index contributed by atoms with van der Waals surface area (Å²) in [6.45, 7) is 8.07. The first kappa shape index (κ1) is 22.1. The fourth-order valence-electron chi connectivity index (χ4n) is 3.87. The maximum Gasteiger partial charge on any atom is 0.329 e. The molecular weight excluding hydrogens is 388 g/mol. The number of unbranched alkanes of at least 4 members (excludes halogenated alkanes) is 3. The zero-order valence-electron chi connectivity index (χ0n) is 18.1. The number of aromatic amines is 1. The molecule has 3 rings (SSSR count). The number of anilines is 1. The second kappa shape index (κ2) is 9.92. The molecule has 1 aliphatic heterocycles. The van der Waals surface area contributed by atoms with Gasteiger partial charge in [0.2, 0.25) is 5.95 Å². The molecule has 0 aliphatic carbocycles. The Morgan fingerprint density at radius 2 is 1.83 bits per heavy atom. The Hall–Kier alpha value is -2.62. The van der Waals surface area contributed by atoms with Crippen molar-refractivity contribution in [3.63, 3.8) is 0 Å². The topological polar surface area (TPSA) is 105 Å². The van der Waals surface area contributed by atoms with Crippen LogP contribution in [-0.2, 0) is 23.1 Å². The first-order valence-electron chi connectivity index (χ1n) is 10.8. The van der Waals surface area contributed by atoms with Crippen molar-refractivity contribution in [3.8, 4) is 0 Å². The largest absolute Gasteiger partial charge is 0.465 e. The molecule has 0 saturated carbocycles. The van der Waals surface area contributed by atoms with Crippen molar-refractivity contribution < 1.29 is 9.53 Å². The number of aryl methyl sites for hydroxylation is 2. The van der Waals surface area contributed by atoms with E-state index in [0.29, 0.717) is 56.4 Å². The lowest BCUT2D eigenvalue weighted by atomic mass is 10.2. The van der Waals surface area contributed by atoms with E-state index in [0.717, 1.165) is 25.7 Å². The van der Waals surface area contributed by atoms with Crippen molar-refractivity contribution >= 4 is 23.1 Å². The van der Waals surface area contributed by atoms with Gasteiger partial charge in [0.25, 0.3) is 5.56 Å². The lowest BCUT2D eigenvalue weighted by Gasteiger charge is -2.34. The van der Waals surface area contributed by atoms with E-state index in [1.54, 1.807) is 14.0 Å². The Kier molecular flexibility index (Phi) is 7.30. The first-order valence-corrected chi connectivity index (χ1v) is 10.8. The van der Waals surface area contributed by atoms with Gasteiger partial charge in [-0.05, 0) is 13.3 Å². The summed E-state index contributed by atoms with van der Waals surface area (Å²) in [6.07, 6.45) is 4.29. The van der Waals surface area contributed by atoms with E-state index in [-0.39, 0.29) is 12.5 Å². The van der Waals surface area contributed by atoms with E-state index in [1.807, 2.05) is 4.57 Å². The molecule has 10 heteroatoms. The van der Waals surface area contributed by atoms with Gasteiger partial charge in [0.05, 0.1) is 13.2 Å². The van der Waals surface area contributed by atoms with Crippen LogP contribution in [0.15, 0.2) is 9.59 Å². The second-order valence-corrected chi connectivity index (χ2v) is 7.68. The lowest BCUT2D eigenvalue weighted by molar-refractivity contribution is -0.144. The summed E-state index contributed by atoms with van der Waals surface area (Å²) in [6, 6.07) is 0. The monoisotopic (exact) mass is 420 g/mol. The molecule has 166 valence electrons. The summed E-state index contributed by atoms with van der Waals surface area (Å²) in [7, 11) is 1.62. The van der Waals surface area contributed by atoms with Gasteiger partial charge in [-0.25, -0.2) is 4.79 Å². The average Bonchev–Trinajstić information content (AvgIpc) is 3.10. The molecule has 0 spiro atoms. The van der Waals surface area contributed by atoms with Crippen molar-refractivity contribution in [2.75, 3.05) is 44.2 Å². The number of hydrogen-bond donors (Lipinski definition) is 1. The maximum absolute atomic E-state index is 12.6. The molecule has 0 amide bonds. The molecule has 3 heterocycles. The molecule has 30 heavy (non-hydrogen) atoms. The molecule has 0 unspecified atom stereocenters. The third kappa shape index (κ3) is 4.75. The first-order chi connectivity index (χ1) is 14.5. The van der Waals surface area contributed by atoms with Gasteiger partial charge in [-0.15, -0.1) is 0 Å². The van der Waals surface area contributed by atoms with Crippen LogP contribution in [0.1, 0.15) is 39.5 Å². The Labute approximate surface area is 175 Å². The minimum atomic E-state index is -0.464. The highest BCUT2D eigenvalue weighted by molar-refractivity contribution is 5.74. The van der Waals surface area contributed by atoms with Crippen LogP contribution in [0, 0.1) is 0 Å². The van der Waals surface area contributed by atoms with Gasteiger partial charge in [0.15, 0.2) is 11.2 Å². The summed E-state index contributed by atoms with van der Waals surface area (Å²) in [5.41, 5.74) is -0.0158. The second-order valence-electron chi connectivity index (χ2n) is 7.68. The molecule has 0 bridgehead atoms. The van der Waals surface area contributed by atoms with Crippen molar-refractivity contribution in [2.24, 2.45) is 7.05 Å². The predicted molar refractivity (Wildman–Crippen MR) is 115 cm³/mol. The Morgan fingerprint density at radius 1 is 1.10 bits per heavy atom. The minimum absolute atomic E-state index is 0.212. The SMILES string of the molecule is CCCCCCn1c(N2CCN(CC(=O)OCC)CC2)nc2c1c(=O)[nH]c(=O)n2C. The van der Waals surface area contributed by atoms with E-state index < -0.39 is 11.2 Å². The smallest absolute Gasteiger partial charge is 0.329 e. The number of fused-ring (bicyclic) bond motifs is 1. The van der Waals surface area contributed by atoms with Crippen LogP contribution in [0.25, 0.3) is 11.2 Å². The predicted octanol–water partition coefficient (Wildman–Crippen LogP) is 0.689. The molecule has 1 aliphatic rings. The number of ether oxygens (including phenoxy) is 1. The Morgan fingerprint density at radius 3 is 2.50 bits per heavy atom. The molecule has 10 nitrogen and oxygen atoms in total. The zero-order chi connectivity index (χ0) is 21.7. The van der Waals surface area contributed by atoms with Gasteiger partial charge in [-0.1, -0.05) is 26.2 Å². The van der Waals surface area contributed by atoms with Crippen LogP contribution < -0.4 is 16.1 Å². The van der Waals surface area contributed by atoms with Gasteiger partial charge < -0.3 is 14.2 Å². The normalized spacial score (nSPS) is 15.1. The number of carbonyl (C=O) groups is 1. The van der Waals surface area contributed by atoms with Crippen molar-refractivity contribution in [1.82, 2.24) is 24.0 Å². The third-order valence-corrected chi connectivity index (χ3v) is 5.54. The number of esters is 1. The number of nitrogens with one attached hydrogen (secondary N) is 1. The van der Waals surface area contributed by atoms with Crippen molar-refractivity contribution in [2.45, 2.75) is 46.1 Å². The number of piperazine rings is 1. The Balaban J connectivity index is 1.85. The van der Waals surface area contributed by atoms with Gasteiger partial charge >= 0.3 is 11.7 Å². The summed E-state index contributed by atoms with van der Waals surface area (Å²) >= 11 is 0. The van der Waals surface area contributed by atoms with Crippen molar-refractivity contribution in [1.29, 1.82) is 0 Å². The zero-order valence-corrected chi connectivity index (χ0v) is 18.1. The van der Waals surface area contributed by atoms with Gasteiger partial charge in [-0.3, -0.25) is 24.0 Å². The quantitative estimate of drug-likeness (QED) is 0.470. The molecule has 1 fully saturated rings. The van der Waals surface area contributed by atoms with E-state index in [2.05, 4.69) is 21.7 Å². The molecule has 1 saturated heterocycles. The summed E-state index contributed by atoms with van der Waals surface area (Å²) in [5.74, 6) is 0.500. The number of imidazole rings is 1. The van der Waals surface area contributed by atoms with E-state index in [4.69, 9.17) is 9.72 Å². The van der Waals surface area contributed by atoms with Crippen LogP contribution in [0.5, 0.6) is 0 Å². The van der Waals surface area contributed by atoms with Crippen molar-refractivity contribution in [3.05, 3.63) is 20.8 Å². The summed E-state index contributed by atoms with van der Waals surface area (Å²) < 4.78 is 8.37. The highest BCUT2D eigenvalue weighted by atomic mass is 16.5. The number of nitrogens with zero attached hydrogens (tertiary/aromatic N) is 5. The summed E-state index contributed by atoms with van der Waals surface area (Å²) in [4.78, 5) is 47.7. The molecule has 0 aromatic carbocycles. The highest BCUT2D eigenvalue weighted by Crippen LogP contribution is 2.22. The standard InChI is InChI=1S/C20H32N6O4/c1-4-6-7-8-9-26-16-17(23(3)20(29)22-18(16)28)21-19(26)25-12-10-24(11-13-25)14-15(27)30-5-2/h4-14H2,1-3H3,(H,22,28,29). The van der Waals surface area contributed by atoms with Crippen LogP contribution in [-0.4, -0.2) is 69.3 Å². The average molecular weight is 421 g/mol. The minimum Gasteiger partial charge on any atom is -0.465 e. The Bertz CT molecular complexity index is 984. The maximum atomic E-state index is 12.6. The van der Waals surface area contributed by atoms with Gasteiger partial charge in [-0.2, -0.15) is 4.98 Å². The fraction of sp³-hybridized carbons (Fsp3) is 0.700. The molecule has 0 atom stereocenters.